The van der Waals surface area contributed by atoms with Crippen LogP contribution >= 0.6 is 23.2 Å². The minimum absolute atomic E-state index is 0.247. The highest BCUT2D eigenvalue weighted by Crippen LogP contribution is 2.23. The summed E-state index contributed by atoms with van der Waals surface area (Å²) in [4.78, 5) is 23.7. The van der Waals surface area contributed by atoms with Crippen molar-refractivity contribution in [2.24, 2.45) is 5.10 Å². The lowest BCUT2D eigenvalue weighted by atomic mass is 10.2. The molecule has 0 saturated carbocycles. The van der Waals surface area contributed by atoms with Gasteiger partial charge in [-0.25, -0.2) is 9.82 Å². The fourth-order valence-corrected chi connectivity index (χ4v) is 2.88. The zero-order valence-electron chi connectivity index (χ0n) is 15.9. The van der Waals surface area contributed by atoms with Gasteiger partial charge in [-0.15, -0.1) is 0 Å². The molecular formula is C22H16Cl2FN3O3. The van der Waals surface area contributed by atoms with Crippen molar-refractivity contribution in [3.8, 4) is 5.75 Å². The third-order valence-corrected chi connectivity index (χ3v) is 4.54. The van der Waals surface area contributed by atoms with Crippen molar-refractivity contribution in [2.75, 3.05) is 5.32 Å². The minimum Gasteiger partial charge on any atom is -0.489 e. The van der Waals surface area contributed by atoms with Crippen LogP contribution in [0.3, 0.4) is 0 Å². The van der Waals surface area contributed by atoms with E-state index in [0.29, 0.717) is 21.4 Å². The number of nitrogens with zero attached hydrogens (tertiary/aromatic N) is 1. The molecular weight excluding hydrogens is 444 g/mol. The number of hydrogen-bond donors (Lipinski definition) is 2. The van der Waals surface area contributed by atoms with E-state index in [2.05, 4.69) is 15.8 Å². The molecule has 3 rings (SSSR count). The average Bonchev–Trinajstić information content (AvgIpc) is 2.75. The molecule has 3 aromatic carbocycles. The number of rotatable bonds is 6. The summed E-state index contributed by atoms with van der Waals surface area (Å²) in [5, 5.41) is 7.15. The molecule has 158 valence electrons. The summed E-state index contributed by atoms with van der Waals surface area (Å²) < 4.78 is 18.6. The summed E-state index contributed by atoms with van der Waals surface area (Å²) in [5.74, 6) is -1.78. The van der Waals surface area contributed by atoms with Crippen LogP contribution in [-0.2, 0) is 16.2 Å². The second kappa shape index (κ2) is 10.6. The van der Waals surface area contributed by atoms with Gasteiger partial charge in [0.2, 0.25) is 0 Å². The first-order valence-corrected chi connectivity index (χ1v) is 9.73. The highest BCUT2D eigenvalue weighted by Gasteiger charge is 2.12. The number of amides is 2. The third kappa shape index (κ3) is 6.80. The molecule has 9 heteroatoms. The fraction of sp³-hybridized carbons (Fsp3) is 0.0455. The average molecular weight is 460 g/mol. The maximum Gasteiger partial charge on any atom is 0.329 e. The van der Waals surface area contributed by atoms with Gasteiger partial charge in [-0.3, -0.25) is 9.59 Å². The molecule has 0 heterocycles. The van der Waals surface area contributed by atoms with E-state index in [0.717, 1.165) is 5.56 Å². The molecule has 0 saturated heterocycles. The van der Waals surface area contributed by atoms with Gasteiger partial charge in [0.05, 0.1) is 6.21 Å². The normalized spacial score (nSPS) is 10.7. The first-order valence-electron chi connectivity index (χ1n) is 8.97. The van der Waals surface area contributed by atoms with Gasteiger partial charge < -0.3 is 10.1 Å². The number of carbonyl (C=O) groups is 2. The molecule has 0 aliphatic rings. The molecule has 3 aromatic rings. The van der Waals surface area contributed by atoms with E-state index < -0.39 is 17.6 Å². The van der Waals surface area contributed by atoms with E-state index in [1.165, 1.54) is 30.5 Å². The molecule has 0 radical (unpaired) electrons. The quantitative estimate of drug-likeness (QED) is 0.315. The maximum atomic E-state index is 12.9. The summed E-state index contributed by atoms with van der Waals surface area (Å²) in [7, 11) is 0. The minimum atomic E-state index is -0.967. The number of hydrogen-bond acceptors (Lipinski definition) is 4. The Labute approximate surface area is 187 Å². The van der Waals surface area contributed by atoms with Gasteiger partial charge in [-0.2, -0.15) is 5.10 Å². The van der Waals surface area contributed by atoms with E-state index >= 15 is 0 Å². The summed E-state index contributed by atoms with van der Waals surface area (Å²) in [5.41, 5.74) is 3.83. The van der Waals surface area contributed by atoms with Crippen LogP contribution in [0.1, 0.15) is 11.1 Å². The van der Waals surface area contributed by atoms with Crippen molar-refractivity contribution in [1.82, 2.24) is 5.43 Å². The van der Waals surface area contributed by atoms with Gasteiger partial charge in [0.1, 0.15) is 18.2 Å². The topological polar surface area (TPSA) is 79.8 Å². The van der Waals surface area contributed by atoms with Crippen LogP contribution < -0.4 is 15.5 Å². The van der Waals surface area contributed by atoms with Gasteiger partial charge >= 0.3 is 11.8 Å². The number of benzene rings is 3. The summed E-state index contributed by atoms with van der Waals surface area (Å²) in [6.07, 6.45) is 1.37. The maximum absolute atomic E-state index is 12.9. The summed E-state index contributed by atoms with van der Waals surface area (Å²) in [6.45, 7) is 0.247. The van der Waals surface area contributed by atoms with Gasteiger partial charge in [0.25, 0.3) is 0 Å². The molecule has 0 aromatic heterocycles. The van der Waals surface area contributed by atoms with Crippen LogP contribution in [0.4, 0.5) is 10.1 Å². The number of ether oxygens (including phenoxy) is 1. The molecule has 0 bridgehead atoms. The van der Waals surface area contributed by atoms with Crippen LogP contribution in [0.2, 0.25) is 10.0 Å². The lowest BCUT2D eigenvalue weighted by molar-refractivity contribution is -0.136. The summed E-state index contributed by atoms with van der Waals surface area (Å²) >= 11 is 12.0. The highest BCUT2D eigenvalue weighted by atomic mass is 35.5. The van der Waals surface area contributed by atoms with Crippen molar-refractivity contribution < 1.29 is 18.7 Å². The fourth-order valence-electron chi connectivity index (χ4n) is 2.42. The molecule has 0 spiro atoms. The monoisotopic (exact) mass is 459 g/mol. The van der Waals surface area contributed by atoms with Crippen LogP contribution in [0.25, 0.3) is 0 Å². The van der Waals surface area contributed by atoms with Crippen LogP contribution in [0.15, 0.2) is 71.8 Å². The lowest BCUT2D eigenvalue weighted by Gasteiger charge is -2.08. The predicted octanol–water partition coefficient (Wildman–Crippen LogP) is 4.80. The Morgan fingerprint density at radius 2 is 1.77 bits per heavy atom. The first-order chi connectivity index (χ1) is 14.9. The van der Waals surface area contributed by atoms with E-state index in [-0.39, 0.29) is 12.3 Å². The molecule has 6 nitrogen and oxygen atoms in total. The Hall–Kier alpha value is -3.42. The summed E-state index contributed by atoms with van der Waals surface area (Å²) in [6, 6.07) is 17.1. The van der Waals surface area contributed by atoms with E-state index in [9.17, 15) is 14.0 Å². The molecule has 0 aliphatic carbocycles. The number of nitrogens with one attached hydrogen (secondary N) is 2. The predicted molar refractivity (Wildman–Crippen MR) is 118 cm³/mol. The first kappa shape index (κ1) is 22.3. The third-order valence-electron chi connectivity index (χ3n) is 3.96. The van der Waals surface area contributed by atoms with Crippen molar-refractivity contribution in [1.29, 1.82) is 0 Å². The number of hydrazone groups is 1. The van der Waals surface area contributed by atoms with Gasteiger partial charge in [-0.1, -0.05) is 41.4 Å². The van der Waals surface area contributed by atoms with E-state index in [4.69, 9.17) is 27.9 Å². The van der Waals surface area contributed by atoms with Crippen molar-refractivity contribution in [2.45, 2.75) is 6.61 Å². The van der Waals surface area contributed by atoms with Gasteiger partial charge in [-0.05, 0) is 54.1 Å². The molecule has 2 N–H and O–H groups in total. The second-order valence-electron chi connectivity index (χ2n) is 6.26. The SMILES string of the molecule is O=C(N/N=C/c1cccc(OCc2ccc(Cl)cc2Cl)c1)C(=O)Nc1ccc(F)cc1. The molecule has 2 amide bonds. The smallest absolute Gasteiger partial charge is 0.329 e. The van der Waals surface area contributed by atoms with Crippen molar-refractivity contribution in [3.05, 3.63) is 93.7 Å². The number of halogens is 3. The van der Waals surface area contributed by atoms with Gasteiger partial charge in [0.15, 0.2) is 0 Å². The van der Waals surface area contributed by atoms with Crippen molar-refractivity contribution in [3.63, 3.8) is 0 Å². The van der Waals surface area contributed by atoms with Crippen LogP contribution in [-0.4, -0.2) is 18.0 Å². The standard InChI is InChI=1S/C22H16Cl2FN3O3/c23-16-5-4-15(20(24)11-16)13-31-19-3-1-2-14(10-19)12-26-28-22(30)21(29)27-18-8-6-17(25)7-9-18/h1-12H,13H2,(H,27,29)(H,28,30)/b26-12+. The Bertz CT molecular complexity index is 1120. The largest absolute Gasteiger partial charge is 0.489 e. The lowest BCUT2D eigenvalue weighted by Crippen LogP contribution is -2.32. The zero-order valence-corrected chi connectivity index (χ0v) is 17.5. The Kier molecular flexibility index (Phi) is 7.59. The van der Waals surface area contributed by atoms with E-state index in [1.807, 2.05) is 0 Å². The zero-order chi connectivity index (χ0) is 22.2. The Morgan fingerprint density at radius 3 is 2.52 bits per heavy atom. The van der Waals surface area contributed by atoms with Gasteiger partial charge in [0, 0.05) is 21.3 Å². The molecule has 31 heavy (non-hydrogen) atoms. The molecule has 0 fully saturated rings. The molecule has 0 unspecified atom stereocenters. The Morgan fingerprint density at radius 1 is 1.00 bits per heavy atom. The molecule has 0 atom stereocenters. The molecule has 0 aliphatic heterocycles. The van der Waals surface area contributed by atoms with E-state index in [1.54, 1.807) is 42.5 Å². The van der Waals surface area contributed by atoms with Crippen LogP contribution in [0.5, 0.6) is 5.75 Å². The van der Waals surface area contributed by atoms with Crippen LogP contribution in [0, 0.1) is 5.82 Å². The Balaban J connectivity index is 1.53. The van der Waals surface area contributed by atoms with Crippen molar-refractivity contribution >= 4 is 46.9 Å². The highest BCUT2D eigenvalue weighted by molar-refractivity contribution is 6.39. The number of carbonyl (C=O) groups excluding carboxylic acids is 2. The second-order valence-corrected chi connectivity index (χ2v) is 7.10. The number of anilines is 1.